The van der Waals surface area contributed by atoms with Gasteiger partial charge in [0, 0.05) is 24.6 Å². The highest BCUT2D eigenvalue weighted by atomic mass is 16.5. The van der Waals surface area contributed by atoms with Gasteiger partial charge in [-0.05, 0) is 20.3 Å². The zero-order chi connectivity index (χ0) is 14.8. The molecule has 0 aliphatic carbocycles. The molecule has 1 fully saturated rings. The Labute approximate surface area is 121 Å². The minimum Gasteiger partial charge on any atom is -0.379 e. The fraction of sp³-hybridized carbons (Fsp3) is 0.733. The lowest BCUT2D eigenvalue weighted by atomic mass is 9.95. The maximum absolute atomic E-state index is 5.49. The van der Waals surface area contributed by atoms with E-state index in [-0.39, 0.29) is 11.0 Å². The summed E-state index contributed by atoms with van der Waals surface area (Å²) in [6.45, 7) is 13.0. The van der Waals surface area contributed by atoms with Gasteiger partial charge in [0.15, 0.2) is 0 Å². The van der Waals surface area contributed by atoms with Crippen molar-refractivity contribution in [1.82, 2.24) is 9.97 Å². The molecule has 0 saturated carbocycles. The van der Waals surface area contributed by atoms with Crippen LogP contribution in [0.3, 0.4) is 0 Å². The van der Waals surface area contributed by atoms with E-state index in [1.165, 1.54) is 0 Å². The topological polar surface area (TPSA) is 59.1 Å². The highest BCUT2D eigenvalue weighted by Crippen LogP contribution is 2.26. The first-order valence-electron chi connectivity index (χ1n) is 7.32. The number of nitrogens with one attached hydrogen (secondary N) is 2. The lowest BCUT2D eigenvalue weighted by Gasteiger charge is -2.26. The molecule has 2 heterocycles. The van der Waals surface area contributed by atoms with Crippen molar-refractivity contribution in [1.29, 1.82) is 0 Å². The minimum absolute atomic E-state index is 0.0347. The molecule has 2 N–H and O–H groups in total. The first-order chi connectivity index (χ1) is 9.32. The molecular weight excluding hydrogens is 252 g/mol. The first-order valence-corrected chi connectivity index (χ1v) is 7.32. The Morgan fingerprint density at radius 1 is 1.30 bits per heavy atom. The van der Waals surface area contributed by atoms with Gasteiger partial charge in [0.2, 0.25) is 0 Å². The molecular formula is C15H26N4O. The Morgan fingerprint density at radius 3 is 2.55 bits per heavy atom. The van der Waals surface area contributed by atoms with Crippen LogP contribution < -0.4 is 10.6 Å². The van der Waals surface area contributed by atoms with Gasteiger partial charge in [-0.1, -0.05) is 20.8 Å². The van der Waals surface area contributed by atoms with Crippen molar-refractivity contribution in [2.24, 2.45) is 0 Å². The van der Waals surface area contributed by atoms with E-state index in [9.17, 15) is 0 Å². The van der Waals surface area contributed by atoms with Crippen molar-refractivity contribution >= 4 is 11.6 Å². The Kier molecular flexibility index (Phi) is 4.18. The fourth-order valence-electron chi connectivity index (χ4n) is 2.19. The second kappa shape index (κ2) is 5.56. The second-order valence-corrected chi connectivity index (χ2v) is 6.73. The van der Waals surface area contributed by atoms with Gasteiger partial charge in [0.25, 0.3) is 0 Å². The number of hydrogen-bond acceptors (Lipinski definition) is 5. The lowest BCUT2D eigenvalue weighted by molar-refractivity contribution is 0.185. The van der Waals surface area contributed by atoms with Crippen LogP contribution in [0.2, 0.25) is 0 Å². The summed E-state index contributed by atoms with van der Waals surface area (Å²) in [6.07, 6.45) is 0.998. The lowest BCUT2D eigenvalue weighted by Crippen LogP contribution is -2.35. The van der Waals surface area contributed by atoms with Crippen LogP contribution in [0, 0.1) is 0 Å². The van der Waals surface area contributed by atoms with Crippen LogP contribution in [-0.2, 0) is 10.2 Å². The Hall–Kier alpha value is -1.36. The third kappa shape index (κ3) is 3.60. The van der Waals surface area contributed by atoms with Crippen molar-refractivity contribution in [3.05, 3.63) is 11.9 Å². The average Bonchev–Trinajstić information content (AvgIpc) is 2.74. The summed E-state index contributed by atoms with van der Waals surface area (Å²) in [4.78, 5) is 9.28. The molecule has 1 aliphatic rings. The molecule has 1 atom stereocenters. The van der Waals surface area contributed by atoms with Crippen LogP contribution in [0.25, 0.3) is 0 Å². The zero-order valence-electron chi connectivity index (χ0n) is 13.2. The molecule has 2 rings (SSSR count). The molecule has 0 amide bonds. The Balaban J connectivity index is 2.29. The zero-order valence-corrected chi connectivity index (χ0v) is 13.2. The van der Waals surface area contributed by atoms with E-state index >= 15 is 0 Å². The largest absolute Gasteiger partial charge is 0.379 e. The quantitative estimate of drug-likeness (QED) is 0.887. The van der Waals surface area contributed by atoms with E-state index in [1.807, 2.05) is 6.07 Å². The van der Waals surface area contributed by atoms with Gasteiger partial charge in [0.1, 0.15) is 17.5 Å². The summed E-state index contributed by atoms with van der Waals surface area (Å²) in [6, 6.07) is 1.97. The summed E-state index contributed by atoms with van der Waals surface area (Å²) in [7, 11) is 0. The average molecular weight is 278 g/mol. The summed E-state index contributed by atoms with van der Waals surface area (Å²) in [5.41, 5.74) is -0.109. The predicted molar refractivity (Wildman–Crippen MR) is 82.4 cm³/mol. The molecule has 112 valence electrons. The first kappa shape index (κ1) is 15.0. The molecule has 5 nitrogen and oxygen atoms in total. The molecule has 0 aromatic carbocycles. The van der Waals surface area contributed by atoms with Crippen LogP contribution >= 0.6 is 0 Å². The van der Waals surface area contributed by atoms with Crippen LogP contribution in [0.5, 0.6) is 0 Å². The van der Waals surface area contributed by atoms with Crippen LogP contribution in [0.1, 0.15) is 46.9 Å². The number of rotatable bonds is 4. The van der Waals surface area contributed by atoms with E-state index in [2.05, 4.69) is 55.2 Å². The van der Waals surface area contributed by atoms with Gasteiger partial charge >= 0.3 is 0 Å². The summed E-state index contributed by atoms with van der Waals surface area (Å²) in [5, 5.41) is 6.79. The van der Waals surface area contributed by atoms with E-state index in [0.717, 1.165) is 43.6 Å². The standard InChI is InChI=1S/C15H26N4O/c1-6-16-11-9-12(18-13(17-11)14(2,3)4)19-15(5)7-8-20-10-15/h9H,6-8,10H2,1-5H3,(H2,16,17,18,19). The SMILES string of the molecule is CCNc1cc(NC2(C)CCOC2)nc(C(C)(C)C)n1. The monoisotopic (exact) mass is 278 g/mol. The highest BCUT2D eigenvalue weighted by molar-refractivity contribution is 5.49. The van der Waals surface area contributed by atoms with Crippen molar-refractivity contribution in [2.45, 2.75) is 52.0 Å². The van der Waals surface area contributed by atoms with Gasteiger partial charge in [0.05, 0.1) is 12.1 Å². The van der Waals surface area contributed by atoms with E-state index in [1.54, 1.807) is 0 Å². The molecule has 1 aliphatic heterocycles. The molecule has 1 aromatic heterocycles. The molecule has 20 heavy (non-hydrogen) atoms. The minimum atomic E-state index is -0.0745. The second-order valence-electron chi connectivity index (χ2n) is 6.73. The number of ether oxygens (including phenoxy) is 1. The molecule has 0 spiro atoms. The third-order valence-corrected chi connectivity index (χ3v) is 3.40. The van der Waals surface area contributed by atoms with Gasteiger partial charge < -0.3 is 15.4 Å². The molecule has 1 saturated heterocycles. The fourth-order valence-corrected chi connectivity index (χ4v) is 2.19. The Bertz CT molecular complexity index is 461. The number of anilines is 2. The normalized spacial score (nSPS) is 22.9. The van der Waals surface area contributed by atoms with E-state index < -0.39 is 0 Å². The summed E-state index contributed by atoms with van der Waals surface area (Å²) in [5.74, 6) is 2.59. The van der Waals surface area contributed by atoms with Gasteiger partial charge in [-0.15, -0.1) is 0 Å². The third-order valence-electron chi connectivity index (χ3n) is 3.40. The summed E-state index contributed by atoms with van der Waals surface area (Å²) >= 11 is 0. The number of hydrogen-bond donors (Lipinski definition) is 2. The van der Waals surface area contributed by atoms with Crippen molar-refractivity contribution < 1.29 is 4.74 Å². The van der Waals surface area contributed by atoms with Crippen LogP contribution in [0.15, 0.2) is 6.07 Å². The van der Waals surface area contributed by atoms with Gasteiger partial charge in [-0.2, -0.15) is 0 Å². The molecule has 1 aromatic rings. The van der Waals surface area contributed by atoms with Gasteiger partial charge in [-0.25, -0.2) is 9.97 Å². The Morgan fingerprint density at radius 2 is 2.00 bits per heavy atom. The highest BCUT2D eigenvalue weighted by Gasteiger charge is 2.30. The number of aromatic nitrogens is 2. The predicted octanol–water partition coefficient (Wildman–Crippen LogP) is 2.80. The molecule has 5 heteroatoms. The number of nitrogens with zero attached hydrogens (tertiary/aromatic N) is 2. The van der Waals surface area contributed by atoms with Crippen molar-refractivity contribution in [2.75, 3.05) is 30.4 Å². The van der Waals surface area contributed by atoms with Gasteiger partial charge in [-0.3, -0.25) is 0 Å². The summed E-state index contributed by atoms with van der Waals surface area (Å²) < 4.78 is 5.49. The maximum Gasteiger partial charge on any atom is 0.138 e. The van der Waals surface area contributed by atoms with Crippen LogP contribution in [-0.4, -0.2) is 35.3 Å². The van der Waals surface area contributed by atoms with Crippen LogP contribution in [0.4, 0.5) is 11.6 Å². The molecule has 0 bridgehead atoms. The molecule has 1 unspecified atom stereocenters. The maximum atomic E-state index is 5.49. The van der Waals surface area contributed by atoms with E-state index in [4.69, 9.17) is 4.74 Å². The molecule has 0 radical (unpaired) electrons. The smallest absolute Gasteiger partial charge is 0.138 e. The van der Waals surface area contributed by atoms with Crippen molar-refractivity contribution in [3.63, 3.8) is 0 Å². The van der Waals surface area contributed by atoms with E-state index in [0.29, 0.717) is 0 Å². The van der Waals surface area contributed by atoms with Crippen molar-refractivity contribution in [3.8, 4) is 0 Å².